The molecule has 1 aliphatic rings. The van der Waals surface area contributed by atoms with Gasteiger partial charge in [0.1, 0.15) is 0 Å². The normalized spacial score (nSPS) is 18.9. The predicted molar refractivity (Wildman–Crippen MR) is 86.4 cm³/mol. The van der Waals surface area contributed by atoms with Gasteiger partial charge in [0.15, 0.2) is 0 Å². The van der Waals surface area contributed by atoms with Crippen LogP contribution >= 0.6 is 0 Å². The average molecular weight is 303 g/mol. The van der Waals surface area contributed by atoms with E-state index in [4.69, 9.17) is 5.73 Å². The molecule has 3 N–H and O–H groups in total. The van der Waals surface area contributed by atoms with E-state index < -0.39 is 6.03 Å². The van der Waals surface area contributed by atoms with E-state index in [1.807, 2.05) is 0 Å². The summed E-state index contributed by atoms with van der Waals surface area (Å²) in [7, 11) is 0. The summed E-state index contributed by atoms with van der Waals surface area (Å²) < 4.78 is 0. The Hall–Kier alpha value is -1.88. The molecule has 5 heteroatoms. The second-order valence-corrected chi connectivity index (χ2v) is 6.16. The van der Waals surface area contributed by atoms with Crippen molar-refractivity contribution < 1.29 is 9.59 Å². The highest BCUT2D eigenvalue weighted by molar-refractivity contribution is 5.93. The van der Waals surface area contributed by atoms with E-state index in [-0.39, 0.29) is 5.91 Å². The molecule has 3 amide bonds. The number of primary amides is 1. The molecular weight excluding hydrogens is 278 g/mol. The number of imide groups is 1. The number of hydrogen-bond donors (Lipinski definition) is 2. The molecule has 0 aromatic heterocycles. The van der Waals surface area contributed by atoms with Gasteiger partial charge in [-0.05, 0) is 44.2 Å². The minimum atomic E-state index is -0.777. The number of piperidine rings is 1. The first-order valence-corrected chi connectivity index (χ1v) is 7.90. The number of benzene rings is 1. The Labute approximate surface area is 131 Å². The van der Waals surface area contributed by atoms with Crippen LogP contribution in [0.25, 0.3) is 0 Å². The molecule has 22 heavy (non-hydrogen) atoms. The van der Waals surface area contributed by atoms with Gasteiger partial charge in [0.2, 0.25) is 5.91 Å². The number of urea groups is 1. The molecule has 1 aliphatic heterocycles. The SMILES string of the molecule is Cc1ccc(CC2CCCN(CCC(=O)NC(N)=O)C2)cc1. The molecule has 1 heterocycles. The van der Waals surface area contributed by atoms with Crippen molar-refractivity contribution in [3.63, 3.8) is 0 Å². The van der Waals surface area contributed by atoms with Crippen molar-refractivity contribution >= 4 is 11.9 Å². The Morgan fingerprint density at radius 2 is 2.05 bits per heavy atom. The Morgan fingerprint density at radius 1 is 1.32 bits per heavy atom. The van der Waals surface area contributed by atoms with Crippen molar-refractivity contribution in [1.82, 2.24) is 10.2 Å². The van der Waals surface area contributed by atoms with E-state index in [0.29, 0.717) is 18.9 Å². The molecule has 0 aliphatic carbocycles. The van der Waals surface area contributed by atoms with Gasteiger partial charge in [-0.15, -0.1) is 0 Å². The number of nitrogens with one attached hydrogen (secondary N) is 1. The van der Waals surface area contributed by atoms with Crippen molar-refractivity contribution in [2.75, 3.05) is 19.6 Å². The first-order chi connectivity index (χ1) is 10.5. The summed E-state index contributed by atoms with van der Waals surface area (Å²) in [6.07, 6.45) is 3.80. The minimum absolute atomic E-state index is 0.298. The molecule has 1 saturated heterocycles. The number of hydrogen-bond acceptors (Lipinski definition) is 3. The fourth-order valence-electron chi connectivity index (χ4n) is 3.04. The molecule has 1 unspecified atom stereocenters. The molecule has 1 atom stereocenters. The number of aryl methyl sites for hydroxylation is 1. The largest absolute Gasteiger partial charge is 0.351 e. The summed E-state index contributed by atoms with van der Waals surface area (Å²) in [5.74, 6) is 0.337. The van der Waals surface area contributed by atoms with Gasteiger partial charge in [-0.25, -0.2) is 4.79 Å². The number of amides is 3. The second-order valence-electron chi connectivity index (χ2n) is 6.16. The lowest BCUT2D eigenvalue weighted by Gasteiger charge is -2.32. The van der Waals surface area contributed by atoms with Crippen LogP contribution in [0.1, 0.15) is 30.4 Å². The zero-order valence-electron chi connectivity index (χ0n) is 13.2. The summed E-state index contributed by atoms with van der Waals surface area (Å²) in [6, 6.07) is 7.94. The van der Waals surface area contributed by atoms with Gasteiger partial charge in [-0.3, -0.25) is 10.1 Å². The average Bonchev–Trinajstić information content (AvgIpc) is 2.47. The first-order valence-electron chi connectivity index (χ1n) is 7.90. The lowest BCUT2D eigenvalue weighted by Crippen LogP contribution is -2.40. The predicted octanol–water partition coefficient (Wildman–Crippen LogP) is 1.83. The van der Waals surface area contributed by atoms with Crippen molar-refractivity contribution in [1.29, 1.82) is 0 Å². The number of carbonyl (C=O) groups excluding carboxylic acids is 2. The smallest absolute Gasteiger partial charge is 0.318 e. The van der Waals surface area contributed by atoms with Crippen LogP contribution in [0.3, 0.4) is 0 Å². The van der Waals surface area contributed by atoms with Crippen molar-refractivity contribution in [3.05, 3.63) is 35.4 Å². The Balaban J connectivity index is 1.77. The first kappa shape index (κ1) is 16.5. The highest BCUT2D eigenvalue weighted by atomic mass is 16.2. The number of carbonyl (C=O) groups is 2. The fraction of sp³-hybridized carbons (Fsp3) is 0.529. The Morgan fingerprint density at radius 3 is 2.73 bits per heavy atom. The van der Waals surface area contributed by atoms with Gasteiger partial charge >= 0.3 is 6.03 Å². The maximum absolute atomic E-state index is 11.5. The van der Waals surface area contributed by atoms with E-state index in [1.165, 1.54) is 17.5 Å². The van der Waals surface area contributed by atoms with Gasteiger partial charge in [0.05, 0.1) is 0 Å². The van der Waals surface area contributed by atoms with Crippen molar-refractivity contribution in [2.24, 2.45) is 11.7 Å². The molecule has 1 fully saturated rings. The zero-order chi connectivity index (χ0) is 15.9. The number of likely N-dealkylation sites (tertiary alicyclic amines) is 1. The van der Waals surface area contributed by atoms with Gasteiger partial charge in [-0.1, -0.05) is 29.8 Å². The third kappa shape index (κ3) is 5.48. The monoisotopic (exact) mass is 303 g/mol. The van der Waals surface area contributed by atoms with Crippen LogP contribution in [0.15, 0.2) is 24.3 Å². The molecule has 120 valence electrons. The van der Waals surface area contributed by atoms with Crippen LogP contribution in [-0.2, 0) is 11.2 Å². The standard InChI is InChI=1S/C17H25N3O2/c1-13-4-6-14(7-5-13)11-15-3-2-9-20(12-15)10-8-16(21)19-17(18)22/h4-7,15H,2-3,8-12H2,1H3,(H3,18,19,21,22). The van der Waals surface area contributed by atoms with Crippen LogP contribution in [0, 0.1) is 12.8 Å². The molecule has 0 radical (unpaired) electrons. The van der Waals surface area contributed by atoms with E-state index in [1.54, 1.807) is 0 Å². The highest BCUT2D eigenvalue weighted by Gasteiger charge is 2.20. The summed E-state index contributed by atoms with van der Waals surface area (Å²) in [6.45, 7) is 4.82. The Bertz CT molecular complexity index is 513. The molecule has 0 saturated carbocycles. The maximum Gasteiger partial charge on any atom is 0.318 e. The van der Waals surface area contributed by atoms with Gasteiger partial charge in [-0.2, -0.15) is 0 Å². The number of rotatable bonds is 5. The minimum Gasteiger partial charge on any atom is -0.351 e. The van der Waals surface area contributed by atoms with E-state index in [2.05, 4.69) is 41.4 Å². The third-order valence-corrected chi connectivity index (χ3v) is 4.17. The maximum atomic E-state index is 11.5. The van der Waals surface area contributed by atoms with Crippen LogP contribution < -0.4 is 11.1 Å². The third-order valence-electron chi connectivity index (χ3n) is 4.17. The number of nitrogens with zero attached hydrogens (tertiary/aromatic N) is 1. The van der Waals surface area contributed by atoms with E-state index >= 15 is 0 Å². The van der Waals surface area contributed by atoms with Crippen LogP contribution in [-0.4, -0.2) is 36.5 Å². The highest BCUT2D eigenvalue weighted by Crippen LogP contribution is 2.21. The summed E-state index contributed by atoms with van der Waals surface area (Å²) in [5, 5.41) is 2.11. The lowest BCUT2D eigenvalue weighted by molar-refractivity contribution is -0.120. The van der Waals surface area contributed by atoms with Crippen LogP contribution in [0.5, 0.6) is 0 Å². The van der Waals surface area contributed by atoms with Crippen molar-refractivity contribution in [3.8, 4) is 0 Å². The molecule has 1 aromatic rings. The lowest BCUT2D eigenvalue weighted by atomic mass is 9.91. The van der Waals surface area contributed by atoms with Gasteiger partial charge in [0, 0.05) is 19.5 Å². The zero-order valence-corrected chi connectivity index (χ0v) is 13.2. The van der Waals surface area contributed by atoms with Gasteiger partial charge < -0.3 is 10.6 Å². The van der Waals surface area contributed by atoms with Crippen LogP contribution in [0.4, 0.5) is 4.79 Å². The van der Waals surface area contributed by atoms with Gasteiger partial charge in [0.25, 0.3) is 0 Å². The summed E-state index contributed by atoms with van der Waals surface area (Å²) in [5.41, 5.74) is 7.60. The molecule has 2 rings (SSSR count). The Kier molecular flexibility index (Phi) is 5.95. The van der Waals surface area contributed by atoms with Crippen molar-refractivity contribution in [2.45, 2.75) is 32.6 Å². The molecule has 0 bridgehead atoms. The summed E-state index contributed by atoms with van der Waals surface area (Å²) in [4.78, 5) is 24.4. The molecule has 1 aromatic carbocycles. The summed E-state index contributed by atoms with van der Waals surface area (Å²) >= 11 is 0. The molecule has 5 nitrogen and oxygen atoms in total. The van der Waals surface area contributed by atoms with E-state index in [0.717, 1.165) is 25.9 Å². The molecular formula is C17H25N3O2. The quantitative estimate of drug-likeness (QED) is 0.871. The fourth-order valence-corrected chi connectivity index (χ4v) is 3.04. The second kappa shape index (κ2) is 7.94. The van der Waals surface area contributed by atoms with E-state index in [9.17, 15) is 9.59 Å². The van der Waals surface area contributed by atoms with Crippen LogP contribution in [0.2, 0.25) is 0 Å². The number of nitrogens with two attached hydrogens (primary N) is 1. The molecule has 0 spiro atoms. The topological polar surface area (TPSA) is 75.4 Å².